The van der Waals surface area contributed by atoms with Gasteiger partial charge in [-0.3, -0.25) is 4.79 Å². The standard InChI is InChI=1S/C28H26ClN3O3/c1-3-32-26(28(33)30-18(2)19-9-12-22(29)13-10-19)25(31-27(32)20-7-5-4-6-8-20)21-11-14-23-24(17-21)35-16-15-34-23/h4-14,17-18H,3,15-16H2,1-2H3,(H,30,33). The molecule has 0 bridgehead atoms. The summed E-state index contributed by atoms with van der Waals surface area (Å²) in [6.45, 7) is 5.56. The highest BCUT2D eigenvalue weighted by Gasteiger charge is 2.26. The SMILES string of the molecule is CCn1c(-c2ccccc2)nc(-c2ccc3c(c2)OCCO3)c1C(=O)NC(C)c1ccc(Cl)cc1. The van der Waals surface area contributed by atoms with Crippen LogP contribution < -0.4 is 14.8 Å². The van der Waals surface area contributed by atoms with Crippen LogP contribution in [0.4, 0.5) is 0 Å². The fourth-order valence-corrected chi connectivity index (χ4v) is 4.42. The minimum atomic E-state index is -0.215. The first-order valence-electron chi connectivity index (χ1n) is 11.7. The van der Waals surface area contributed by atoms with E-state index in [2.05, 4.69) is 5.32 Å². The lowest BCUT2D eigenvalue weighted by Gasteiger charge is -2.19. The Kier molecular flexibility index (Phi) is 6.47. The largest absolute Gasteiger partial charge is 0.486 e. The van der Waals surface area contributed by atoms with Crippen molar-refractivity contribution >= 4 is 17.5 Å². The third-order valence-corrected chi connectivity index (χ3v) is 6.32. The zero-order chi connectivity index (χ0) is 24.4. The van der Waals surface area contributed by atoms with E-state index in [1.165, 1.54) is 0 Å². The molecule has 7 heteroatoms. The molecule has 0 radical (unpaired) electrons. The Morgan fingerprint density at radius 2 is 1.71 bits per heavy atom. The molecule has 1 aromatic heterocycles. The zero-order valence-corrected chi connectivity index (χ0v) is 20.4. The summed E-state index contributed by atoms with van der Waals surface area (Å²) in [7, 11) is 0. The Morgan fingerprint density at radius 3 is 2.43 bits per heavy atom. The Morgan fingerprint density at radius 1 is 1.00 bits per heavy atom. The second kappa shape index (κ2) is 9.84. The monoisotopic (exact) mass is 487 g/mol. The highest BCUT2D eigenvalue weighted by Crippen LogP contribution is 2.37. The maximum Gasteiger partial charge on any atom is 0.270 e. The van der Waals surface area contributed by atoms with E-state index in [0.717, 1.165) is 22.5 Å². The van der Waals surface area contributed by atoms with Crippen molar-refractivity contribution in [2.24, 2.45) is 0 Å². The quantitative estimate of drug-likeness (QED) is 0.354. The number of nitrogens with one attached hydrogen (secondary N) is 1. The number of ether oxygens (including phenoxy) is 2. The highest BCUT2D eigenvalue weighted by atomic mass is 35.5. The van der Waals surface area contributed by atoms with Gasteiger partial charge in [0.25, 0.3) is 5.91 Å². The van der Waals surface area contributed by atoms with Crippen molar-refractivity contribution in [1.82, 2.24) is 14.9 Å². The molecule has 1 atom stereocenters. The predicted molar refractivity (Wildman–Crippen MR) is 137 cm³/mol. The summed E-state index contributed by atoms with van der Waals surface area (Å²) in [6, 6.07) is 22.9. The number of amides is 1. The van der Waals surface area contributed by atoms with E-state index < -0.39 is 0 Å². The van der Waals surface area contributed by atoms with E-state index in [-0.39, 0.29) is 11.9 Å². The van der Waals surface area contributed by atoms with Gasteiger partial charge in [-0.2, -0.15) is 0 Å². The van der Waals surface area contributed by atoms with Gasteiger partial charge >= 0.3 is 0 Å². The lowest BCUT2D eigenvalue weighted by molar-refractivity contribution is 0.0931. The van der Waals surface area contributed by atoms with E-state index in [9.17, 15) is 4.79 Å². The molecular formula is C28H26ClN3O3. The van der Waals surface area contributed by atoms with Gasteiger partial charge in [0.1, 0.15) is 30.4 Å². The predicted octanol–water partition coefficient (Wildman–Crippen LogP) is 6.15. The van der Waals surface area contributed by atoms with Crippen molar-refractivity contribution in [1.29, 1.82) is 0 Å². The van der Waals surface area contributed by atoms with Crippen LogP contribution in [0.5, 0.6) is 11.5 Å². The van der Waals surface area contributed by atoms with E-state index in [0.29, 0.717) is 47.7 Å². The first-order chi connectivity index (χ1) is 17.0. The van der Waals surface area contributed by atoms with Gasteiger partial charge in [-0.05, 0) is 49.7 Å². The van der Waals surface area contributed by atoms with E-state index in [4.69, 9.17) is 26.1 Å². The van der Waals surface area contributed by atoms with Crippen LogP contribution in [0.2, 0.25) is 5.02 Å². The van der Waals surface area contributed by atoms with Crippen LogP contribution in [0, 0.1) is 0 Å². The van der Waals surface area contributed by atoms with Gasteiger partial charge in [0.15, 0.2) is 11.5 Å². The van der Waals surface area contributed by atoms with Crippen molar-refractivity contribution < 1.29 is 14.3 Å². The van der Waals surface area contributed by atoms with E-state index >= 15 is 0 Å². The molecule has 6 nitrogen and oxygen atoms in total. The first-order valence-corrected chi connectivity index (χ1v) is 12.0. The number of benzene rings is 3. The Balaban J connectivity index is 1.60. The van der Waals surface area contributed by atoms with Crippen LogP contribution in [0.1, 0.15) is 35.9 Å². The first kappa shape index (κ1) is 23.0. The van der Waals surface area contributed by atoms with Gasteiger partial charge in [-0.25, -0.2) is 4.98 Å². The molecule has 0 aliphatic carbocycles. The third kappa shape index (κ3) is 4.62. The van der Waals surface area contributed by atoms with Gasteiger partial charge in [-0.1, -0.05) is 54.1 Å². The average Bonchev–Trinajstić information content (AvgIpc) is 3.29. The molecule has 1 N–H and O–H groups in total. The zero-order valence-electron chi connectivity index (χ0n) is 19.6. The molecule has 0 spiro atoms. The normalized spacial score (nSPS) is 13.3. The van der Waals surface area contributed by atoms with E-state index in [1.807, 2.05) is 91.2 Å². The molecule has 178 valence electrons. The molecule has 0 saturated carbocycles. The topological polar surface area (TPSA) is 65.4 Å². The summed E-state index contributed by atoms with van der Waals surface area (Å²) in [6.07, 6.45) is 0. The number of aromatic nitrogens is 2. The molecule has 5 rings (SSSR count). The number of carbonyl (C=O) groups is 1. The van der Waals surface area contributed by atoms with Crippen molar-refractivity contribution in [2.75, 3.05) is 13.2 Å². The van der Waals surface area contributed by atoms with Crippen molar-refractivity contribution in [3.63, 3.8) is 0 Å². The number of hydrogen-bond donors (Lipinski definition) is 1. The molecule has 2 heterocycles. The second-order valence-electron chi connectivity index (χ2n) is 8.35. The number of carbonyl (C=O) groups excluding carboxylic acids is 1. The van der Waals surface area contributed by atoms with Gasteiger partial charge in [-0.15, -0.1) is 0 Å². The van der Waals surface area contributed by atoms with Gasteiger partial charge in [0.05, 0.1) is 6.04 Å². The van der Waals surface area contributed by atoms with Crippen molar-refractivity contribution in [3.05, 3.63) is 89.1 Å². The number of rotatable bonds is 6. The maximum atomic E-state index is 13.7. The van der Waals surface area contributed by atoms with Gasteiger partial charge in [0.2, 0.25) is 0 Å². The smallest absolute Gasteiger partial charge is 0.270 e. The van der Waals surface area contributed by atoms with E-state index in [1.54, 1.807) is 0 Å². The summed E-state index contributed by atoms with van der Waals surface area (Å²) in [5, 5.41) is 3.80. The molecule has 1 unspecified atom stereocenters. The van der Waals surface area contributed by atoms with Crippen LogP contribution >= 0.6 is 11.6 Å². The molecule has 3 aromatic carbocycles. The summed E-state index contributed by atoms with van der Waals surface area (Å²) in [4.78, 5) is 18.7. The van der Waals surface area contributed by atoms with Crippen LogP contribution in [-0.4, -0.2) is 28.7 Å². The minimum absolute atomic E-state index is 0.200. The Labute approximate surface area is 209 Å². The second-order valence-corrected chi connectivity index (χ2v) is 8.78. The van der Waals surface area contributed by atoms with Crippen LogP contribution in [0.15, 0.2) is 72.8 Å². The maximum absolute atomic E-state index is 13.7. The van der Waals surface area contributed by atoms with Crippen LogP contribution in [-0.2, 0) is 6.54 Å². The number of fused-ring (bicyclic) bond motifs is 1. The van der Waals surface area contributed by atoms with Gasteiger partial charge in [0, 0.05) is 22.7 Å². The Hall–Kier alpha value is -3.77. The van der Waals surface area contributed by atoms with Crippen molar-refractivity contribution in [3.8, 4) is 34.1 Å². The van der Waals surface area contributed by atoms with Crippen LogP contribution in [0.25, 0.3) is 22.6 Å². The highest BCUT2D eigenvalue weighted by molar-refractivity contribution is 6.30. The molecule has 0 fully saturated rings. The fourth-order valence-electron chi connectivity index (χ4n) is 4.29. The molecule has 4 aromatic rings. The molecule has 35 heavy (non-hydrogen) atoms. The molecule has 1 aliphatic heterocycles. The molecule has 1 amide bonds. The molecular weight excluding hydrogens is 462 g/mol. The van der Waals surface area contributed by atoms with Gasteiger partial charge < -0.3 is 19.4 Å². The Bertz CT molecular complexity index is 1350. The lowest BCUT2D eigenvalue weighted by atomic mass is 10.1. The average molecular weight is 488 g/mol. The third-order valence-electron chi connectivity index (χ3n) is 6.06. The molecule has 1 aliphatic rings. The minimum Gasteiger partial charge on any atom is -0.486 e. The van der Waals surface area contributed by atoms with Crippen molar-refractivity contribution in [2.45, 2.75) is 26.4 Å². The fraction of sp³-hybridized carbons (Fsp3) is 0.214. The number of halogens is 1. The van der Waals surface area contributed by atoms with Crippen LogP contribution in [0.3, 0.4) is 0 Å². The number of imidazole rings is 1. The summed E-state index contributed by atoms with van der Waals surface area (Å²) >= 11 is 6.04. The summed E-state index contributed by atoms with van der Waals surface area (Å²) < 4.78 is 13.4. The summed E-state index contributed by atoms with van der Waals surface area (Å²) in [5.41, 5.74) is 3.81. The lowest BCUT2D eigenvalue weighted by Crippen LogP contribution is -2.29. The molecule has 0 saturated heterocycles. The summed E-state index contributed by atoms with van der Waals surface area (Å²) in [5.74, 6) is 1.89. The number of nitrogens with zero attached hydrogens (tertiary/aromatic N) is 2. The number of hydrogen-bond acceptors (Lipinski definition) is 4.